The Balaban J connectivity index is 1.89. The molecule has 170 valence electrons. The van der Waals surface area contributed by atoms with E-state index in [1.54, 1.807) is 29.8 Å². The highest BCUT2D eigenvalue weighted by atomic mass is 35.5. The minimum Gasteiger partial charge on any atom is -0.274 e. The number of carbonyl (C=O) groups is 2. The summed E-state index contributed by atoms with van der Waals surface area (Å²) in [6, 6.07) is 18.9. The van der Waals surface area contributed by atoms with Crippen LogP contribution >= 0.6 is 11.6 Å². The van der Waals surface area contributed by atoms with Gasteiger partial charge >= 0.3 is 0 Å². The molecule has 0 atom stereocenters. The maximum Gasteiger partial charge on any atom is 0.271 e. The van der Waals surface area contributed by atoms with Gasteiger partial charge in [-0.15, -0.1) is 0 Å². The van der Waals surface area contributed by atoms with Gasteiger partial charge in [0.1, 0.15) is 11.6 Å². The number of imide groups is 1. The van der Waals surface area contributed by atoms with E-state index < -0.39 is 11.8 Å². The van der Waals surface area contributed by atoms with Crippen LogP contribution in [0.15, 0.2) is 77.5 Å². The molecule has 0 aliphatic carbocycles. The number of amides is 2. The van der Waals surface area contributed by atoms with Crippen LogP contribution < -0.4 is 0 Å². The summed E-state index contributed by atoms with van der Waals surface area (Å²) < 4.78 is 1.74. The van der Waals surface area contributed by atoms with Gasteiger partial charge in [0.05, 0.1) is 11.4 Å². The van der Waals surface area contributed by atoms with E-state index in [-0.39, 0.29) is 12.1 Å². The summed E-state index contributed by atoms with van der Waals surface area (Å²) >= 11 is 6.08. The molecular weight excluding hydrogens is 448 g/mol. The molecular formula is C27H23ClN4O2. The third-order valence-corrected chi connectivity index (χ3v) is 5.99. The maximum atomic E-state index is 13.3. The monoisotopic (exact) mass is 470 g/mol. The van der Waals surface area contributed by atoms with Crippen molar-refractivity contribution in [1.82, 2.24) is 14.7 Å². The highest BCUT2D eigenvalue weighted by molar-refractivity contribution is 6.30. The first-order valence-corrected chi connectivity index (χ1v) is 11.4. The number of hydrogen-bond donors (Lipinski definition) is 0. The predicted molar refractivity (Wildman–Crippen MR) is 132 cm³/mol. The zero-order chi connectivity index (χ0) is 24.2. The van der Waals surface area contributed by atoms with Crippen molar-refractivity contribution < 1.29 is 9.59 Å². The normalized spacial score (nSPS) is 15.2. The maximum absolute atomic E-state index is 13.3. The quantitative estimate of drug-likeness (QED) is 0.347. The number of para-hydroxylation sites is 1. The average molecular weight is 471 g/mol. The van der Waals surface area contributed by atoms with Crippen LogP contribution in [-0.2, 0) is 9.59 Å². The van der Waals surface area contributed by atoms with Crippen molar-refractivity contribution >= 4 is 29.5 Å². The van der Waals surface area contributed by atoms with Gasteiger partial charge in [0.15, 0.2) is 0 Å². The molecule has 1 aromatic heterocycles. The van der Waals surface area contributed by atoms with Crippen molar-refractivity contribution in [2.75, 3.05) is 6.54 Å². The lowest BCUT2D eigenvalue weighted by Gasteiger charge is -2.27. The molecule has 0 unspecified atom stereocenters. The Hall–Kier alpha value is -3.95. The van der Waals surface area contributed by atoms with Crippen LogP contribution in [0.5, 0.6) is 0 Å². The van der Waals surface area contributed by atoms with Crippen LogP contribution in [0.2, 0.25) is 5.02 Å². The minimum absolute atomic E-state index is 0.00885. The Kier molecular flexibility index (Phi) is 6.76. The fraction of sp³-hybridized carbons (Fsp3) is 0.185. The third-order valence-electron chi connectivity index (χ3n) is 5.74. The molecule has 3 aromatic rings. The van der Waals surface area contributed by atoms with Crippen LogP contribution in [0.1, 0.15) is 32.3 Å². The standard InChI is InChI=1S/C27H23ClN4O2/c1-3-4-14-31-26(33)23(18(2)24(16-29)27(31)34)15-20-17-32(22-8-6-5-7-9-22)30-25(20)19-10-12-21(28)13-11-19/h5-13,15,17H,3-4,14H2,1-2H3/b23-15+. The molecule has 2 aromatic carbocycles. The van der Waals surface area contributed by atoms with E-state index in [0.29, 0.717) is 33.8 Å². The third kappa shape index (κ3) is 4.43. The van der Waals surface area contributed by atoms with E-state index in [0.717, 1.165) is 17.7 Å². The van der Waals surface area contributed by atoms with Gasteiger partial charge in [0.2, 0.25) is 0 Å². The van der Waals surface area contributed by atoms with Crippen molar-refractivity contribution in [2.45, 2.75) is 26.7 Å². The van der Waals surface area contributed by atoms with E-state index in [1.165, 1.54) is 4.90 Å². The summed E-state index contributed by atoms with van der Waals surface area (Å²) in [7, 11) is 0. The number of hydrogen-bond acceptors (Lipinski definition) is 4. The van der Waals surface area contributed by atoms with Gasteiger partial charge in [-0.1, -0.05) is 55.3 Å². The lowest BCUT2D eigenvalue weighted by atomic mass is 9.93. The summed E-state index contributed by atoms with van der Waals surface area (Å²) in [4.78, 5) is 27.3. The second-order valence-electron chi connectivity index (χ2n) is 8.01. The van der Waals surface area contributed by atoms with Crippen molar-refractivity contribution in [3.05, 3.63) is 88.1 Å². The Bertz CT molecular complexity index is 1350. The first-order valence-electron chi connectivity index (χ1n) is 11.0. The highest BCUT2D eigenvalue weighted by Crippen LogP contribution is 2.31. The van der Waals surface area contributed by atoms with Crippen molar-refractivity contribution in [2.24, 2.45) is 0 Å². The molecule has 0 bridgehead atoms. The molecule has 4 rings (SSSR count). The van der Waals surface area contributed by atoms with Gasteiger partial charge in [-0.2, -0.15) is 10.4 Å². The number of nitriles is 1. The number of benzene rings is 2. The van der Waals surface area contributed by atoms with Crippen LogP contribution in [0.25, 0.3) is 23.0 Å². The summed E-state index contributed by atoms with van der Waals surface area (Å²) in [6.45, 7) is 3.90. The highest BCUT2D eigenvalue weighted by Gasteiger charge is 2.35. The van der Waals surface area contributed by atoms with E-state index in [9.17, 15) is 14.9 Å². The molecule has 1 aliphatic rings. The largest absolute Gasteiger partial charge is 0.274 e. The first-order chi connectivity index (χ1) is 16.4. The minimum atomic E-state index is -0.534. The second kappa shape index (κ2) is 9.90. The molecule has 6 nitrogen and oxygen atoms in total. The van der Waals surface area contributed by atoms with Gasteiger partial charge < -0.3 is 0 Å². The Morgan fingerprint density at radius 3 is 2.41 bits per heavy atom. The SMILES string of the molecule is CCCCN1C(=O)C(C#N)=C(C)/C(=C\c2cn(-c3ccccc3)nc2-c2ccc(Cl)cc2)C1=O. The zero-order valence-electron chi connectivity index (χ0n) is 19.0. The van der Waals surface area contributed by atoms with Crippen molar-refractivity contribution in [3.63, 3.8) is 0 Å². The molecule has 2 amide bonds. The summed E-state index contributed by atoms with van der Waals surface area (Å²) in [5.74, 6) is -0.932. The molecule has 0 fully saturated rings. The van der Waals surface area contributed by atoms with Crippen molar-refractivity contribution in [3.8, 4) is 23.0 Å². The molecule has 34 heavy (non-hydrogen) atoms. The summed E-state index contributed by atoms with van der Waals surface area (Å²) in [5, 5.41) is 15.0. The van der Waals surface area contributed by atoms with Gasteiger partial charge in [0.25, 0.3) is 11.8 Å². The smallest absolute Gasteiger partial charge is 0.271 e. The molecule has 0 saturated heterocycles. The van der Waals surface area contributed by atoms with Crippen LogP contribution in [0.3, 0.4) is 0 Å². The van der Waals surface area contributed by atoms with Crippen LogP contribution in [0.4, 0.5) is 0 Å². The summed E-state index contributed by atoms with van der Waals surface area (Å²) in [5.41, 5.74) is 3.72. The Morgan fingerprint density at radius 2 is 1.76 bits per heavy atom. The fourth-order valence-electron chi connectivity index (χ4n) is 3.84. The van der Waals surface area contributed by atoms with Gasteiger partial charge in [-0.3, -0.25) is 14.5 Å². The number of halogens is 1. The number of nitrogens with zero attached hydrogens (tertiary/aromatic N) is 4. The van der Waals surface area contributed by atoms with E-state index in [4.69, 9.17) is 16.7 Å². The first kappa shape index (κ1) is 23.2. The fourth-order valence-corrected chi connectivity index (χ4v) is 3.97. The zero-order valence-corrected chi connectivity index (χ0v) is 19.7. The molecule has 0 radical (unpaired) electrons. The number of carbonyl (C=O) groups excluding carboxylic acids is 2. The van der Waals surface area contributed by atoms with Gasteiger partial charge in [-0.05, 0) is 49.3 Å². The Labute approximate surface area is 203 Å². The average Bonchev–Trinajstić information content (AvgIpc) is 3.27. The lowest BCUT2D eigenvalue weighted by Crippen LogP contribution is -2.43. The van der Waals surface area contributed by atoms with Gasteiger partial charge in [-0.25, -0.2) is 4.68 Å². The van der Waals surface area contributed by atoms with E-state index >= 15 is 0 Å². The molecule has 0 saturated carbocycles. The topological polar surface area (TPSA) is 79.0 Å². The predicted octanol–water partition coefficient (Wildman–Crippen LogP) is 5.59. The van der Waals surface area contributed by atoms with Gasteiger partial charge in [0, 0.05) is 34.5 Å². The second-order valence-corrected chi connectivity index (χ2v) is 8.44. The number of rotatable bonds is 6. The van der Waals surface area contributed by atoms with E-state index in [1.807, 2.05) is 61.7 Å². The van der Waals surface area contributed by atoms with Crippen LogP contribution in [-0.4, -0.2) is 33.0 Å². The summed E-state index contributed by atoms with van der Waals surface area (Å²) in [6.07, 6.45) is 5.05. The molecule has 0 N–H and O–H groups in total. The molecule has 2 heterocycles. The molecule has 1 aliphatic heterocycles. The van der Waals surface area contributed by atoms with Crippen LogP contribution in [0, 0.1) is 11.3 Å². The number of aromatic nitrogens is 2. The Morgan fingerprint density at radius 1 is 1.06 bits per heavy atom. The van der Waals surface area contributed by atoms with Crippen molar-refractivity contribution in [1.29, 1.82) is 5.26 Å². The van der Waals surface area contributed by atoms with E-state index in [2.05, 4.69) is 0 Å². The molecule has 7 heteroatoms. The lowest BCUT2D eigenvalue weighted by molar-refractivity contribution is -0.140. The molecule has 0 spiro atoms. The number of unbranched alkanes of at least 4 members (excludes halogenated alkanes) is 1.